The second-order valence-electron chi connectivity index (χ2n) is 5.30. The first kappa shape index (κ1) is 11.5. The molecule has 1 heteroatoms. The van der Waals surface area contributed by atoms with Crippen LogP contribution in [0.3, 0.4) is 0 Å². The molecule has 0 saturated heterocycles. The summed E-state index contributed by atoms with van der Waals surface area (Å²) >= 11 is 0. The minimum absolute atomic E-state index is 0.156. The van der Waals surface area contributed by atoms with Gasteiger partial charge in [0, 0.05) is 5.41 Å². The average molecular weight is 194 g/mol. The van der Waals surface area contributed by atoms with Crippen LogP contribution in [-0.2, 0) is 4.79 Å². The van der Waals surface area contributed by atoms with Crippen LogP contribution in [0.4, 0.5) is 0 Å². The van der Waals surface area contributed by atoms with Gasteiger partial charge in [-0.15, -0.1) is 0 Å². The molecule has 0 N–H and O–H groups in total. The number of hydrogen-bond acceptors (Lipinski definition) is 1. The summed E-state index contributed by atoms with van der Waals surface area (Å²) in [6, 6.07) is 0. The molecule has 14 heavy (non-hydrogen) atoms. The van der Waals surface area contributed by atoms with Gasteiger partial charge in [-0.05, 0) is 38.5 Å². The molecule has 1 rings (SSSR count). The van der Waals surface area contributed by atoms with E-state index in [4.69, 9.17) is 0 Å². The van der Waals surface area contributed by atoms with E-state index in [1.165, 1.54) is 5.57 Å². The van der Waals surface area contributed by atoms with Gasteiger partial charge in [-0.3, -0.25) is 4.79 Å². The third kappa shape index (κ3) is 2.08. The van der Waals surface area contributed by atoms with E-state index in [-0.39, 0.29) is 5.41 Å². The largest absolute Gasteiger partial charge is 0.299 e. The Hall–Kier alpha value is -0.590. The molecule has 0 heterocycles. The number of carbonyl (C=O) groups is 1. The second kappa shape index (κ2) is 3.88. The van der Waals surface area contributed by atoms with E-state index in [1.807, 2.05) is 0 Å². The Morgan fingerprint density at radius 2 is 2.07 bits per heavy atom. The van der Waals surface area contributed by atoms with Crippen molar-refractivity contribution < 1.29 is 4.79 Å². The lowest BCUT2D eigenvalue weighted by Crippen LogP contribution is -2.36. The van der Waals surface area contributed by atoms with E-state index < -0.39 is 0 Å². The molecule has 0 amide bonds. The van der Waals surface area contributed by atoms with Gasteiger partial charge in [0.2, 0.25) is 0 Å². The lowest BCUT2D eigenvalue weighted by atomic mass is 9.65. The van der Waals surface area contributed by atoms with E-state index in [2.05, 4.69) is 33.8 Å². The van der Waals surface area contributed by atoms with Crippen LogP contribution >= 0.6 is 0 Å². The minimum atomic E-state index is -0.156. The molecular formula is C13H22O. The van der Waals surface area contributed by atoms with Crippen molar-refractivity contribution in [3.8, 4) is 0 Å². The van der Waals surface area contributed by atoms with Crippen LogP contribution in [0.15, 0.2) is 11.6 Å². The standard InChI is InChI=1S/C13H22O/c1-9-6-7-12(10(2)8-9)13(4,5)11(3)14/h8,10,12H,6-7H2,1-5H3/t10-,12?/m0/s1. The van der Waals surface area contributed by atoms with Crippen LogP contribution in [0, 0.1) is 17.3 Å². The van der Waals surface area contributed by atoms with Gasteiger partial charge in [-0.25, -0.2) is 0 Å². The van der Waals surface area contributed by atoms with Crippen LogP contribution in [0.1, 0.15) is 47.5 Å². The van der Waals surface area contributed by atoms with Gasteiger partial charge in [0.25, 0.3) is 0 Å². The zero-order chi connectivity index (χ0) is 10.9. The van der Waals surface area contributed by atoms with Gasteiger partial charge in [-0.2, -0.15) is 0 Å². The van der Waals surface area contributed by atoms with Crippen LogP contribution in [0.5, 0.6) is 0 Å². The van der Waals surface area contributed by atoms with E-state index >= 15 is 0 Å². The summed E-state index contributed by atoms with van der Waals surface area (Å²) < 4.78 is 0. The minimum Gasteiger partial charge on any atom is -0.299 e. The van der Waals surface area contributed by atoms with Crippen LogP contribution in [-0.4, -0.2) is 5.78 Å². The molecular weight excluding hydrogens is 172 g/mol. The van der Waals surface area contributed by atoms with E-state index in [0.717, 1.165) is 12.8 Å². The Morgan fingerprint density at radius 3 is 2.50 bits per heavy atom. The van der Waals surface area contributed by atoms with Crippen molar-refractivity contribution in [1.82, 2.24) is 0 Å². The van der Waals surface area contributed by atoms with Gasteiger partial charge in [-0.1, -0.05) is 32.4 Å². The number of allylic oxidation sites excluding steroid dienone is 2. The van der Waals surface area contributed by atoms with E-state index in [1.54, 1.807) is 6.92 Å². The number of ketones is 1. The predicted octanol–water partition coefficient (Wildman–Crippen LogP) is 3.59. The summed E-state index contributed by atoms with van der Waals surface area (Å²) in [4.78, 5) is 11.6. The predicted molar refractivity (Wildman–Crippen MR) is 60.1 cm³/mol. The monoisotopic (exact) mass is 194 g/mol. The van der Waals surface area contributed by atoms with Crippen molar-refractivity contribution >= 4 is 5.78 Å². The van der Waals surface area contributed by atoms with Gasteiger partial charge < -0.3 is 0 Å². The quantitative estimate of drug-likeness (QED) is 0.614. The van der Waals surface area contributed by atoms with Crippen LogP contribution in [0.25, 0.3) is 0 Å². The Labute approximate surface area is 87.6 Å². The molecule has 1 aliphatic rings. The molecule has 0 saturated carbocycles. The smallest absolute Gasteiger partial charge is 0.135 e. The van der Waals surface area contributed by atoms with Gasteiger partial charge in [0.05, 0.1) is 0 Å². The SMILES string of the molecule is CC(=O)C(C)(C)C1CCC(C)=C[C@@H]1C. The first-order valence-corrected chi connectivity index (χ1v) is 5.54. The maximum absolute atomic E-state index is 11.6. The Balaban J connectivity index is 2.85. The zero-order valence-corrected chi connectivity index (χ0v) is 10.1. The Morgan fingerprint density at radius 1 is 1.50 bits per heavy atom. The topological polar surface area (TPSA) is 17.1 Å². The molecule has 0 fully saturated rings. The summed E-state index contributed by atoms with van der Waals surface area (Å²) in [6.45, 7) is 10.3. The molecule has 1 aliphatic carbocycles. The molecule has 0 bridgehead atoms. The summed E-state index contributed by atoms with van der Waals surface area (Å²) in [5, 5.41) is 0. The van der Waals surface area contributed by atoms with Crippen molar-refractivity contribution in [3.63, 3.8) is 0 Å². The maximum atomic E-state index is 11.6. The Bertz CT molecular complexity index is 260. The van der Waals surface area contributed by atoms with E-state index in [9.17, 15) is 4.79 Å². The highest BCUT2D eigenvalue weighted by molar-refractivity contribution is 5.81. The molecule has 2 atom stereocenters. The molecule has 0 aromatic rings. The van der Waals surface area contributed by atoms with Gasteiger partial charge in [0.1, 0.15) is 5.78 Å². The molecule has 0 aromatic heterocycles. The lowest BCUT2D eigenvalue weighted by Gasteiger charge is -2.38. The maximum Gasteiger partial charge on any atom is 0.135 e. The number of Topliss-reactive ketones (excluding diaryl/α,β-unsaturated/α-hetero) is 1. The molecule has 1 unspecified atom stereocenters. The van der Waals surface area contributed by atoms with Gasteiger partial charge in [0.15, 0.2) is 0 Å². The van der Waals surface area contributed by atoms with Crippen LogP contribution in [0.2, 0.25) is 0 Å². The molecule has 0 aromatic carbocycles. The first-order chi connectivity index (χ1) is 6.35. The van der Waals surface area contributed by atoms with Crippen molar-refractivity contribution in [3.05, 3.63) is 11.6 Å². The molecule has 0 aliphatic heterocycles. The molecule has 0 spiro atoms. The average Bonchev–Trinajstić information content (AvgIpc) is 2.02. The van der Waals surface area contributed by atoms with Crippen LogP contribution < -0.4 is 0 Å². The fraction of sp³-hybridized carbons (Fsp3) is 0.769. The van der Waals surface area contributed by atoms with Crippen molar-refractivity contribution in [1.29, 1.82) is 0 Å². The van der Waals surface area contributed by atoms with Crippen molar-refractivity contribution in [2.45, 2.75) is 47.5 Å². The highest BCUT2D eigenvalue weighted by Crippen LogP contribution is 2.41. The number of rotatable bonds is 2. The third-order valence-corrected chi connectivity index (χ3v) is 3.87. The molecule has 0 radical (unpaired) electrons. The fourth-order valence-electron chi connectivity index (χ4n) is 2.57. The highest BCUT2D eigenvalue weighted by atomic mass is 16.1. The normalized spacial score (nSPS) is 28.5. The van der Waals surface area contributed by atoms with Crippen molar-refractivity contribution in [2.24, 2.45) is 17.3 Å². The third-order valence-electron chi connectivity index (χ3n) is 3.87. The first-order valence-electron chi connectivity index (χ1n) is 5.54. The van der Waals surface area contributed by atoms with E-state index in [0.29, 0.717) is 17.6 Å². The lowest BCUT2D eigenvalue weighted by molar-refractivity contribution is -0.128. The summed E-state index contributed by atoms with van der Waals surface area (Å²) in [6.07, 6.45) is 4.65. The van der Waals surface area contributed by atoms with Crippen molar-refractivity contribution in [2.75, 3.05) is 0 Å². The van der Waals surface area contributed by atoms with Gasteiger partial charge >= 0.3 is 0 Å². The number of carbonyl (C=O) groups excluding carboxylic acids is 1. The zero-order valence-electron chi connectivity index (χ0n) is 10.1. The fourth-order valence-corrected chi connectivity index (χ4v) is 2.57. The number of hydrogen-bond donors (Lipinski definition) is 0. The summed E-state index contributed by atoms with van der Waals surface area (Å²) in [5.74, 6) is 1.38. The Kier molecular flexibility index (Phi) is 3.18. The summed E-state index contributed by atoms with van der Waals surface area (Å²) in [5.41, 5.74) is 1.32. The molecule has 1 nitrogen and oxygen atoms in total. The summed E-state index contributed by atoms with van der Waals surface area (Å²) in [7, 11) is 0. The highest BCUT2D eigenvalue weighted by Gasteiger charge is 2.37. The second-order valence-corrected chi connectivity index (χ2v) is 5.30. The molecule has 80 valence electrons.